The van der Waals surface area contributed by atoms with Gasteiger partial charge in [0.05, 0.1) is 6.61 Å². The van der Waals surface area contributed by atoms with Gasteiger partial charge in [-0.05, 0) is 59.3 Å². The van der Waals surface area contributed by atoms with Crippen molar-refractivity contribution < 1.29 is 18.4 Å². The molecular formula is C17H39NO4Si2. The summed E-state index contributed by atoms with van der Waals surface area (Å²) in [6.07, 6.45) is 2.47. The van der Waals surface area contributed by atoms with Gasteiger partial charge in [-0.3, -0.25) is 4.79 Å². The van der Waals surface area contributed by atoms with E-state index in [-0.39, 0.29) is 5.97 Å². The number of carbonyl (C=O) groups is 1. The molecule has 0 aliphatic rings. The van der Waals surface area contributed by atoms with Crippen molar-refractivity contribution >= 4 is 22.8 Å². The van der Waals surface area contributed by atoms with Crippen LogP contribution in [-0.4, -0.2) is 60.2 Å². The minimum atomic E-state index is -2.02. The lowest BCUT2D eigenvalue weighted by Crippen LogP contribution is -2.48. The van der Waals surface area contributed by atoms with Crippen LogP contribution in [0.5, 0.6) is 0 Å². The van der Waals surface area contributed by atoms with Crippen molar-refractivity contribution in [2.24, 2.45) is 0 Å². The van der Waals surface area contributed by atoms with Crippen molar-refractivity contribution in [2.75, 3.05) is 32.9 Å². The summed E-state index contributed by atoms with van der Waals surface area (Å²) in [6.45, 7) is 19.1. The molecule has 0 N–H and O–H groups in total. The number of carbonyl (C=O) groups excluding carboxylic acids is 1. The van der Waals surface area contributed by atoms with E-state index in [2.05, 4.69) is 30.8 Å². The average Bonchev–Trinajstić information content (AvgIpc) is 2.45. The second-order valence-corrected chi connectivity index (χ2v) is 15.5. The molecule has 24 heavy (non-hydrogen) atoms. The zero-order chi connectivity index (χ0) is 18.6. The summed E-state index contributed by atoms with van der Waals surface area (Å²) in [4.78, 5) is 11.5. The average molecular weight is 378 g/mol. The SMILES string of the molecule is CCOC(=O)CCCN(CCC[Si](C)(OCC)OCC)[Si](C)(C)C. The third-order valence-corrected chi connectivity index (χ3v) is 9.43. The van der Waals surface area contributed by atoms with E-state index in [0.717, 1.165) is 45.2 Å². The predicted octanol–water partition coefficient (Wildman–Crippen LogP) is 4.00. The normalized spacial score (nSPS) is 12.7. The molecule has 0 amide bonds. The smallest absolute Gasteiger partial charge is 0.334 e. The van der Waals surface area contributed by atoms with E-state index >= 15 is 0 Å². The Balaban J connectivity index is 4.40. The van der Waals surface area contributed by atoms with Gasteiger partial charge in [0.25, 0.3) is 0 Å². The first-order valence-corrected chi connectivity index (χ1v) is 15.3. The van der Waals surface area contributed by atoms with Crippen LogP contribution in [0.15, 0.2) is 0 Å². The first kappa shape index (κ1) is 23.8. The molecule has 0 radical (unpaired) electrons. The third kappa shape index (κ3) is 10.6. The zero-order valence-corrected chi connectivity index (χ0v) is 18.9. The molecule has 0 aromatic heterocycles. The Bertz CT molecular complexity index is 342. The third-order valence-electron chi connectivity index (χ3n) is 4.02. The summed E-state index contributed by atoms with van der Waals surface area (Å²) in [6, 6.07) is 1.02. The second kappa shape index (κ2) is 12.2. The van der Waals surface area contributed by atoms with Gasteiger partial charge in [0.2, 0.25) is 0 Å². The molecule has 0 aromatic carbocycles. The number of ether oxygens (including phenoxy) is 1. The lowest BCUT2D eigenvalue weighted by Gasteiger charge is -2.35. The molecule has 0 unspecified atom stereocenters. The molecule has 5 nitrogen and oxygen atoms in total. The van der Waals surface area contributed by atoms with Crippen molar-refractivity contribution in [3.05, 3.63) is 0 Å². The predicted molar refractivity (Wildman–Crippen MR) is 105 cm³/mol. The fourth-order valence-corrected chi connectivity index (χ4v) is 6.87. The van der Waals surface area contributed by atoms with Crippen LogP contribution in [0.1, 0.15) is 40.0 Å². The molecule has 0 spiro atoms. The largest absolute Gasteiger partial charge is 0.466 e. The monoisotopic (exact) mass is 377 g/mol. The Hall–Kier alpha value is -0.216. The molecule has 0 fully saturated rings. The Morgan fingerprint density at radius 3 is 1.88 bits per heavy atom. The van der Waals surface area contributed by atoms with Gasteiger partial charge < -0.3 is 18.2 Å². The van der Waals surface area contributed by atoms with E-state index in [0.29, 0.717) is 13.0 Å². The maximum Gasteiger partial charge on any atom is 0.334 e. The number of rotatable bonds is 14. The molecular weight excluding hydrogens is 338 g/mol. The Morgan fingerprint density at radius 1 is 0.875 bits per heavy atom. The van der Waals surface area contributed by atoms with Crippen LogP contribution < -0.4 is 0 Å². The fourth-order valence-electron chi connectivity index (χ4n) is 2.82. The van der Waals surface area contributed by atoms with Gasteiger partial charge in [-0.15, -0.1) is 0 Å². The first-order valence-electron chi connectivity index (χ1n) is 9.37. The van der Waals surface area contributed by atoms with E-state index in [1.165, 1.54) is 0 Å². The molecule has 0 aliphatic carbocycles. The summed E-state index contributed by atoms with van der Waals surface area (Å²) >= 11 is 0. The van der Waals surface area contributed by atoms with E-state index < -0.39 is 16.8 Å². The van der Waals surface area contributed by atoms with E-state index in [1.54, 1.807) is 0 Å². The van der Waals surface area contributed by atoms with Gasteiger partial charge in [0.15, 0.2) is 0 Å². The summed E-state index contributed by atoms with van der Waals surface area (Å²) < 4.78 is 19.4. The maximum atomic E-state index is 11.5. The van der Waals surface area contributed by atoms with Crippen molar-refractivity contribution in [1.29, 1.82) is 0 Å². The lowest BCUT2D eigenvalue weighted by atomic mass is 10.3. The molecule has 7 heteroatoms. The maximum absolute atomic E-state index is 11.5. The van der Waals surface area contributed by atoms with Gasteiger partial charge >= 0.3 is 14.5 Å². The Kier molecular flexibility index (Phi) is 12.1. The highest BCUT2D eigenvalue weighted by Crippen LogP contribution is 2.19. The number of esters is 1. The molecule has 0 heterocycles. The topological polar surface area (TPSA) is 48.0 Å². The van der Waals surface area contributed by atoms with Gasteiger partial charge in [0.1, 0.15) is 8.24 Å². The molecule has 0 saturated heterocycles. The minimum Gasteiger partial charge on any atom is -0.466 e. The molecule has 0 bridgehead atoms. The molecule has 0 rings (SSSR count). The van der Waals surface area contributed by atoms with E-state index in [1.807, 2.05) is 20.8 Å². The summed E-state index contributed by atoms with van der Waals surface area (Å²) in [5.41, 5.74) is 0. The quantitative estimate of drug-likeness (QED) is 0.338. The van der Waals surface area contributed by atoms with Gasteiger partial charge in [-0.2, -0.15) is 0 Å². The van der Waals surface area contributed by atoms with Crippen LogP contribution in [0.2, 0.25) is 32.2 Å². The van der Waals surface area contributed by atoms with Gasteiger partial charge in [0, 0.05) is 19.6 Å². The van der Waals surface area contributed by atoms with Crippen LogP contribution in [0, 0.1) is 0 Å². The lowest BCUT2D eigenvalue weighted by molar-refractivity contribution is -0.143. The number of hydrogen-bond acceptors (Lipinski definition) is 5. The van der Waals surface area contributed by atoms with Crippen LogP contribution >= 0.6 is 0 Å². The first-order chi connectivity index (χ1) is 11.2. The molecule has 0 aromatic rings. The van der Waals surface area contributed by atoms with Crippen molar-refractivity contribution in [2.45, 2.75) is 72.3 Å². The number of hydrogen-bond donors (Lipinski definition) is 0. The Labute approximate surface area is 151 Å². The molecule has 0 atom stereocenters. The highest BCUT2D eigenvalue weighted by atomic mass is 28.4. The van der Waals surface area contributed by atoms with Gasteiger partial charge in [-0.25, -0.2) is 0 Å². The van der Waals surface area contributed by atoms with Crippen LogP contribution in [0.25, 0.3) is 0 Å². The number of nitrogens with zero attached hydrogens (tertiary/aromatic N) is 1. The highest BCUT2D eigenvalue weighted by molar-refractivity contribution is 6.73. The van der Waals surface area contributed by atoms with Crippen LogP contribution in [0.4, 0.5) is 0 Å². The Morgan fingerprint density at radius 2 is 1.42 bits per heavy atom. The molecule has 0 aliphatic heterocycles. The zero-order valence-electron chi connectivity index (χ0n) is 16.9. The van der Waals surface area contributed by atoms with Crippen molar-refractivity contribution in [1.82, 2.24) is 4.57 Å². The highest BCUT2D eigenvalue weighted by Gasteiger charge is 2.31. The summed E-state index contributed by atoms with van der Waals surface area (Å²) in [5.74, 6) is -0.0827. The van der Waals surface area contributed by atoms with Crippen LogP contribution in [-0.2, 0) is 18.4 Å². The molecule has 0 saturated carbocycles. The second-order valence-electron chi connectivity index (χ2n) is 7.17. The van der Waals surface area contributed by atoms with E-state index in [4.69, 9.17) is 13.6 Å². The van der Waals surface area contributed by atoms with Gasteiger partial charge in [-0.1, -0.05) is 19.6 Å². The minimum absolute atomic E-state index is 0.0827. The standard InChI is InChI=1S/C17H39NO4Si2/c1-8-20-17(19)13-11-14-18(23(4,5)6)15-12-16-24(7,21-9-2)22-10-3/h8-16H2,1-7H3. The van der Waals surface area contributed by atoms with Crippen LogP contribution in [0.3, 0.4) is 0 Å². The van der Waals surface area contributed by atoms with E-state index in [9.17, 15) is 4.79 Å². The molecule has 144 valence electrons. The summed E-state index contributed by atoms with van der Waals surface area (Å²) in [5, 5.41) is 0. The van der Waals surface area contributed by atoms with Crippen molar-refractivity contribution in [3.63, 3.8) is 0 Å². The summed E-state index contributed by atoms with van der Waals surface area (Å²) in [7, 11) is -3.42. The van der Waals surface area contributed by atoms with Crippen molar-refractivity contribution in [3.8, 4) is 0 Å². The fraction of sp³-hybridized carbons (Fsp3) is 0.941.